The number of aliphatic carboxylic acids is 1. The summed E-state index contributed by atoms with van der Waals surface area (Å²) in [6, 6.07) is 8.78. The van der Waals surface area contributed by atoms with Gasteiger partial charge in [0.05, 0.1) is 5.41 Å². The van der Waals surface area contributed by atoms with Crippen molar-refractivity contribution in [2.45, 2.75) is 106 Å². The first-order valence-corrected chi connectivity index (χ1v) is 11.4. The molecule has 0 unspecified atom stereocenters. The molecular formula is C26H44O3. The number of hydrogen-bond acceptors (Lipinski definition) is 2. The fraction of sp³-hybridized carbons (Fsp3) is 0.692. The molecule has 3 nitrogen and oxygen atoms in total. The number of benzene rings is 1. The number of hydrogen-bond donors (Lipinski definition) is 1. The van der Waals surface area contributed by atoms with Crippen LogP contribution in [0.4, 0.5) is 0 Å². The molecule has 0 saturated heterocycles. The number of Topliss-reactive ketones (excluding diaryl/α,β-unsaturated/α-hetero) is 1. The molecule has 1 rings (SSSR count). The third-order valence-electron chi connectivity index (χ3n) is 5.81. The third kappa shape index (κ3) is 11.2. The summed E-state index contributed by atoms with van der Waals surface area (Å²) < 4.78 is 0. The molecule has 0 bridgehead atoms. The van der Waals surface area contributed by atoms with E-state index in [1.54, 1.807) is 20.8 Å². The number of aryl methyl sites for hydroxylation is 2. The van der Waals surface area contributed by atoms with Gasteiger partial charge in [-0.15, -0.1) is 0 Å². The molecule has 0 amide bonds. The highest BCUT2D eigenvalue weighted by molar-refractivity contribution is 5.81. The average molecular weight is 405 g/mol. The molecule has 0 aliphatic carbocycles. The Morgan fingerprint density at radius 1 is 0.793 bits per heavy atom. The highest BCUT2D eigenvalue weighted by Crippen LogP contribution is 2.25. The molecule has 0 radical (unpaired) electrons. The fourth-order valence-electron chi connectivity index (χ4n) is 3.19. The van der Waals surface area contributed by atoms with Gasteiger partial charge in [0.25, 0.3) is 0 Å². The summed E-state index contributed by atoms with van der Waals surface area (Å²) in [7, 11) is 0. The van der Waals surface area contributed by atoms with Crippen LogP contribution in [-0.4, -0.2) is 16.9 Å². The third-order valence-corrected chi connectivity index (χ3v) is 5.81. The van der Waals surface area contributed by atoms with Gasteiger partial charge in [0.2, 0.25) is 0 Å². The van der Waals surface area contributed by atoms with E-state index in [0.717, 1.165) is 57.8 Å². The van der Waals surface area contributed by atoms with Crippen LogP contribution in [0, 0.1) is 10.8 Å². The Morgan fingerprint density at radius 2 is 1.24 bits per heavy atom. The van der Waals surface area contributed by atoms with Gasteiger partial charge in [-0.2, -0.15) is 0 Å². The van der Waals surface area contributed by atoms with Gasteiger partial charge in [-0.3, -0.25) is 9.59 Å². The van der Waals surface area contributed by atoms with Crippen molar-refractivity contribution in [2.24, 2.45) is 10.8 Å². The number of ketones is 1. The van der Waals surface area contributed by atoms with Crippen LogP contribution in [0.1, 0.15) is 105 Å². The topological polar surface area (TPSA) is 54.4 Å². The van der Waals surface area contributed by atoms with Crippen molar-refractivity contribution in [1.29, 1.82) is 0 Å². The second-order valence-electron chi connectivity index (χ2n) is 9.22. The van der Waals surface area contributed by atoms with Gasteiger partial charge in [0.15, 0.2) is 0 Å². The van der Waals surface area contributed by atoms with E-state index in [2.05, 4.69) is 24.3 Å². The summed E-state index contributed by atoms with van der Waals surface area (Å²) in [4.78, 5) is 22.7. The first kappa shape index (κ1) is 27.4. The SMILES string of the molecule is CC.CC(=O)C(C)(C)CCCCCc1cccc(CCCCC(C)(C)C(=O)O)c1. The van der Waals surface area contributed by atoms with Crippen LogP contribution in [0.5, 0.6) is 0 Å². The van der Waals surface area contributed by atoms with Crippen molar-refractivity contribution in [3.05, 3.63) is 35.4 Å². The van der Waals surface area contributed by atoms with Gasteiger partial charge in [-0.1, -0.05) is 71.2 Å². The summed E-state index contributed by atoms with van der Waals surface area (Å²) in [6.45, 7) is 13.4. The zero-order valence-electron chi connectivity index (χ0n) is 19.9. The lowest BCUT2D eigenvalue weighted by molar-refractivity contribution is -0.147. The largest absolute Gasteiger partial charge is 0.481 e. The fourth-order valence-corrected chi connectivity index (χ4v) is 3.19. The lowest BCUT2D eigenvalue weighted by atomic mass is 9.83. The molecule has 0 spiro atoms. The molecule has 1 aromatic carbocycles. The summed E-state index contributed by atoms with van der Waals surface area (Å²) >= 11 is 0. The van der Waals surface area contributed by atoms with Gasteiger partial charge in [0.1, 0.15) is 5.78 Å². The van der Waals surface area contributed by atoms with Gasteiger partial charge in [0, 0.05) is 5.41 Å². The standard InChI is InChI=1S/C24H38O3.C2H6/c1-19(25)23(2,3)16-9-6-7-12-20-14-11-15-21(18-20)13-8-10-17-24(4,5)22(26)27;1-2/h11,14-15,18H,6-10,12-13,16-17H2,1-5H3,(H,26,27);1-2H3. The van der Waals surface area contributed by atoms with E-state index in [9.17, 15) is 9.59 Å². The summed E-state index contributed by atoms with van der Waals surface area (Å²) in [5.41, 5.74) is 1.91. The lowest BCUT2D eigenvalue weighted by Gasteiger charge is -2.20. The van der Waals surface area contributed by atoms with Gasteiger partial charge < -0.3 is 5.11 Å². The van der Waals surface area contributed by atoms with E-state index in [0.29, 0.717) is 0 Å². The number of carbonyl (C=O) groups excluding carboxylic acids is 1. The second kappa shape index (κ2) is 13.6. The minimum absolute atomic E-state index is 0.185. The minimum Gasteiger partial charge on any atom is -0.481 e. The summed E-state index contributed by atoms with van der Waals surface area (Å²) in [5, 5.41) is 9.17. The van der Waals surface area contributed by atoms with E-state index in [1.165, 1.54) is 11.1 Å². The van der Waals surface area contributed by atoms with E-state index in [-0.39, 0.29) is 11.2 Å². The van der Waals surface area contributed by atoms with Crippen molar-refractivity contribution < 1.29 is 14.7 Å². The minimum atomic E-state index is -0.712. The van der Waals surface area contributed by atoms with Crippen molar-refractivity contribution in [3.8, 4) is 0 Å². The quantitative estimate of drug-likeness (QED) is 0.352. The van der Waals surface area contributed by atoms with E-state index < -0.39 is 11.4 Å². The smallest absolute Gasteiger partial charge is 0.309 e. The number of carbonyl (C=O) groups is 2. The Hall–Kier alpha value is -1.64. The predicted octanol–water partition coefficient (Wildman–Crippen LogP) is 7.25. The Balaban J connectivity index is 0.00000379. The van der Waals surface area contributed by atoms with Crippen LogP contribution in [0.3, 0.4) is 0 Å². The highest BCUT2D eigenvalue weighted by atomic mass is 16.4. The average Bonchev–Trinajstić information content (AvgIpc) is 2.66. The van der Waals surface area contributed by atoms with E-state index in [1.807, 2.05) is 27.7 Å². The number of rotatable bonds is 13. The molecule has 0 atom stereocenters. The first-order chi connectivity index (χ1) is 13.5. The van der Waals surface area contributed by atoms with Crippen LogP contribution in [0.15, 0.2) is 24.3 Å². The molecule has 0 aliphatic heterocycles. The highest BCUT2D eigenvalue weighted by Gasteiger charge is 2.26. The van der Waals surface area contributed by atoms with E-state index >= 15 is 0 Å². The van der Waals surface area contributed by atoms with Gasteiger partial charge in [-0.25, -0.2) is 0 Å². The van der Waals surface area contributed by atoms with Crippen LogP contribution >= 0.6 is 0 Å². The maximum absolute atomic E-state index is 11.6. The molecule has 0 fully saturated rings. The molecule has 3 heteroatoms. The Labute approximate surface area is 179 Å². The number of unbranched alkanes of at least 4 members (excludes halogenated alkanes) is 3. The molecule has 29 heavy (non-hydrogen) atoms. The molecule has 0 saturated carbocycles. The van der Waals surface area contributed by atoms with E-state index in [4.69, 9.17) is 5.11 Å². The number of carboxylic acid groups (broad SMARTS) is 1. The van der Waals surface area contributed by atoms with Crippen LogP contribution in [0.2, 0.25) is 0 Å². The zero-order chi connectivity index (χ0) is 22.5. The summed E-state index contributed by atoms with van der Waals surface area (Å²) in [6.07, 6.45) is 9.17. The lowest BCUT2D eigenvalue weighted by Crippen LogP contribution is -2.23. The van der Waals surface area contributed by atoms with Crippen LogP contribution in [-0.2, 0) is 22.4 Å². The Bertz CT molecular complexity index is 614. The Morgan fingerprint density at radius 3 is 1.72 bits per heavy atom. The summed E-state index contributed by atoms with van der Waals surface area (Å²) in [5.74, 6) is -0.432. The maximum atomic E-state index is 11.6. The molecule has 1 aromatic rings. The van der Waals surface area contributed by atoms with Gasteiger partial charge >= 0.3 is 5.97 Å². The first-order valence-electron chi connectivity index (χ1n) is 11.4. The molecule has 0 heterocycles. The van der Waals surface area contributed by atoms with Crippen molar-refractivity contribution in [1.82, 2.24) is 0 Å². The molecule has 0 aliphatic rings. The molecule has 1 N–H and O–H groups in total. The van der Waals surface area contributed by atoms with Crippen molar-refractivity contribution in [2.75, 3.05) is 0 Å². The maximum Gasteiger partial charge on any atom is 0.309 e. The molecule has 0 aromatic heterocycles. The zero-order valence-corrected chi connectivity index (χ0v) is 19.9. The normalized spacial score (nSPS) is 11.6. The Kier molecular flexibility index (Phi) is 12.8. The van der Waals surface area contributed by atoms with Crippen molar-refractivity contribution >= 4 is 11.8 Å². The number of carboxylic acids is 1. The monoisotopic (exact) mass is 404 g/mol. The van der Waals surface area contributed by atoms with Crippen molar-refractivity contribution in [3.63, 3.8) is 0 Å². The van der Waals surface area contributed by atoms with Gasteiger partial charge in [-0.05, 0) is 70.4 Å². The second-order valence-corrected chi connectivity index (χ2v) is 9.22. The predicted molar refractivity (Wildman–Crippen MR) is 123 cm³/mol. The molecular weight excluding hydrogens is 360 g/mol. The van der Waals surface area contributed by atoms with Crippen LogP contribution < -0.4 is 0 Å². The molecule has 166 valence electrons. The van der Waals surface area contributed by atoms with Crippen LogP contribution in [0.25, 0.3) is 0 Å².